The molecule has 1 aromatic carbocycles. The van der Waals surface area contributed by atoms with E-state index in [1.165, 1.54) is 7.11 Å². The van der Waals surface area contributed by atoms with Gasteiger partial charge in [0.1, 0.15) is 0 Å². The number of methoxy groups -OCH3 is 1. The first kappa shape index (κ1) is 11.6. The van der Waals surface area contributed by atoms with Crippen LogP contribution in [0.3, 0.4) is 0 Å². The number of piperidine rings is 1. The fourth-order valence-corrected chi connectivity index (χ4v) is 1.98. The van der Waals surface area contributed by atoms with E-state index >= 15 is 0 Å². The highest BCUT2D eigenvalue weighted by Gasteiger charge is 2.17. The zero-order valence-electron chi connectivity index (χ0n) is 9.81. The molecule has 0 amide bonds. The maximum absolute atomic E-state index is 11.4. The van der Waals surface area contributed by atoms with Gasteiger partial charge in [-0.05, 0) is 30.7 Å². The Labute approximate surface area is 100 Å². The number of ketones is 1. The molecule has 0 spiro atoms. The second-order valence-corrected chi connectivity index (χ2v) is 4.10. The summed E-state index contributed by atoms with van der Waals surface area (Å²) in [5.41, 5.74) is 1.50. The van der Waals surface area contributed by atoms with Gasteiger partial charge in [0.25, 0.3) is 0 Å². The minimum atomic E-state index is -0.341. The molecule has 0 aliphatic carbocycles. The molecule has 4 heteroatoms. The van der Waals surface area contributed by atoms with Crippen LogP contribution in [-0.2, 0) is 9.53 Å². The molecule has 1 aromatic rings. The van der Waals surface area contributed by atoms with Gasteiger partial charge in [-0.2, -0.15) is 0 Å². The summed E-state index contributed by atoms with van der Waals surface area (Å²) in [6.45, 7) is 1.36. The minimum absolute atomic E-state index is 0.272. The Morgan fingerprint density at radius 2 is 2.00 bits per heavy atom. The summed E-state index contributed by atoms with van der Waals surface area (Å²) < 4.78 is 4.63. The molecule has 0 bridgehead atoms. The number of hydrogen-bond donors (Lipinski definition) is 0. The van der Waals surface area contributed by atoms with E-state index in [1.54, 1.807) is 12.1 Å². The first-order valence-corrected chi connectivity index (χ1v) is 5.66. The van der Waals surface area contributed by atoms with Crippen LogP contribution in [0.25, 0.3) is 0 Å². The van der Waals surface area contributed by atoms with Crippen molar-refractivity contribution in [1.29, 1.82) is 0 Å². The van der Waals surface area contributed by atoms with Gasteiger partial charge in [0.2, 0.25) is 0 Å². The second-order valence-electron chi connectivity index (χ2n) is 4.10. The van der Waals surface area contributed by atoms with Gasteiger partial charge < -0.3 is 9.64 Å². The highest BCUT2D eigenvalue weighted by atomic mass is 16.5. The maximum atomic E-state index is 11.4. The Balaban J connectivity index is 2.12. The zero-order chi connectivity index (χ0) is 12.3. The van der Waals surface area contributed by atoms with E-state index in [9.17, 15) is 9.59 Å². The molecule has 0 saturated carbocycles. The van der Waals surface area contributed by atoms with Gasteiger partial charge in [0.05, 0.1) is 19.2 Å². The lowest BCUT2D eigenvalue weighted by molar-refractivity contribution is -0.118. The molecule has 0 atom stereocenters. The molecule has 1 heterocycles. The number of Topliss-reactive ketones (excluding diaryl/α,β-unsaturated/α-hetero) is 1. The van der Waals surface area contributed by atoms with Crippen molar-refractivity contribution in [2.45, 2.75) is 12.8 Å². The van der Waals surface area contributed by atoms with E-state index in [-0.39, 0.29) is 11.8 Å². The van der Waals surface area contributed by atoms with Crippen molar-refractivity contribution in [2.24, 2.45) is 0 Å². The topological polar surface area (TPSA) is 46.6 Å². The smallest absolute Gasteiger partial charge is 0.337 e. The first-order valence-electron chi connectivity index (χ1n) is 5.66. The summed E-state index contributed by atoms with van der Waals surface area (Å²) in [6, 6.07) is 7.15. The average Bonchev–Trinajstić information content (AvgIpc) is 2.38. The Morgan fingerprint density at radius 1 is 1.29 bits per heavy atom. The van der Waals surface area contributed by atoms with Crippen LogP contribution in [0.1, 0.15) is 23.2 Å². The molecular weight excluding hydrogens is 218 g/mol. The van der Waals surface area contributed by atoms with Gasteiger partial charge in [0, 0.05) is 18.7 Å². The van der Waals surface area contributed by atoms with Gasteiger partial charge in [0.15, 0.2) is 5.78 Å². The Kier molecular flexibility index (Phi) is 3.42. The first-order chi connectivity index (χ1) is 8.20. The maximum Gasteiger partial charge on any atom is 0.337 e. The minimum Gasteiger partial charge on any atom is -0.465 e. The highest BCUT2D eigenvalue weighted by molar-refractivity contribution is 5.90. The Bertz CT molecular complexity index is 425. The third-order valence-electron chi connectivity index (χ3n) is 2.90. The number of ether oxygens (including phenoxy) is 1. The molecule has 0 N–H and O–H groups in total. The van der Waals surface area contributed by atoms with E-state index in [1.807, 2.05) is 17.0 Å². The van der Waals surface area contributed by atoms with Crippen LogP contribution in [0, 0.1) is 0 Å². The van der Waals surface area contributed by atoms with Crippen LogP contribution in [0.4, 0.5) is 5.69 Å². The van der Waals surface area contributed by atoms with E-state index in [0.29, 0.717) is 18.5 Å². The van der Waals surface area contributed by atoms with Gasteiger partial charge in [-0.1, -0.05) is 0 Å². The van der Waals surface area contributed by atoms with Crippen LogP contribution in [0.2, 0.25) is 0 Å². The number of carbonyl (C=O) groups is 2. The fraction of sp³-hybridized carbons (Fsp3) is 0.385. The van der Waals surface area contributed by atoms with Crippen molar-refractivity contribution in [2.75, 3.05) is 25.1 Å². The Morgan fingerprint density at radius 3 is 2.59 bits per heavy atom. The van der Waals surface area contributed by atoms with Crippen LogP contribution in [0.5, 0.6) is 0 Å². The molecule has 90 valence electrons. The quantitative estimate of drug-likeness (QED) is 0.728. The van der Waals surface area contributed by atoms with E-state index in [2.05, 4.69) is 4.74 Å². The number of hydrogen-bond acceptors (Lipinski definition) is 4. The number of esters is 1. The number of benzene rings is 1. The van der Waals surface area contributed by atoms with E-state index < -0.39 is 0 Å². The van der Waals surface area contributed by atoms with Crippen molar-refractivity contribution < 1.29 is 14.3 Å². The average molecular weight is 233 g/mol. The number of rotatable bonds is 2. The molecule has 0 radical (unpaired) electrons. The predicted molar refractivity (Wildman–Crippen MR) is 64.2 cm³/mol. The van der Waals surface area contributed by atoms with Crippen LogP contribution in [-0.4, -0.2) is 32.0 Å². The van der Waals surface area contributed by atoms with E-state index in [4.69, 9.17) is 0 Å². The lowest BCUT2D eigenvalue weighted by atomic mass is 10.1. The summed E-state index contributed by atoms with van der Waals surface area (Å²) >= 11 is 0. The van der Waals surface area contributed by atoms with Crippen LogP contribution < -0.4 is 4.90 Å². The van der Waals surface area contributed by atoms with Crippen molar-refractivity contribution in [3.05, 3.63) is 29.8 Å². The third kappa shape index (κ3) is 2.64. The number of anilines is 1. The Hall–Kier alpha value is -1.84. The molecular formula is C13H15NO3. The molecule has 0 aromatic heterocycles. The molecule has 1 aliphatic heterocycles. The SMILES string of the molecule is COC(=O)c1ccc(N2CCCC(=O)C2)cc1. The van der Waals surface area contributed by atoms with Crippen molar-refractivity contribution in [1.82, 2.24) is 0 Å². The molecule has 1 aliphatic rings. The van der Waals surface area contributed by atoms with E-state index in [0.717, 1.165) is 18.7 Å². The van der Waals surface area contributed by atoms with Crippen LogP contribution >= 0.6 is 0 Å². The molecule has 4 nitrogen and oxygen atoms in total. The highest BCUT2D eigenvalue weighted by Crippen LogP contribution is 2.19. The zero-order valence-corrected chi connectivity index (χ0v) is 9.81. The number of carbonyl (C=O) groups excluding carboxylic acids is 2. The summed E-state index contributed by atoms with van der Waals surface area (Å²) in [7, 11) is 1.36. The monoisotopic (exact) mass is 233 g/mol. The summed E-state index contributed by atoms with van der Waals surface area (Å²) in [5, 5.41) is 0. The van der Waals surface area contributed by atoms with Crippen molar-refractivity contribution in [3.63, 3.8) is 0 Å². The molecule has 1 saturated heterocycles. The molecule has 2 rings (SSSR count). The summed E-state index contributed by atoms with van der Waals surface area (Å²) in [5.74, 6) is -0.0698. The molecule has 17 heavy (non-hydrogen) atoms. The lowest BCUT2D eigenvalue weighted by Gasteiger charge is -2.27. The predicted octanol–water partition coefficient (Wildman–Crippen LogP) is 1.64. The van der Waals surface area contributed by atoms with Gasteiger partial charge in [-0.3, -0.25) is 4.79 Å². The summed E-state index contributed by atoms with van der Waals surface area (Å²) in [6.07, 6.45) is 1.58. The largest absolute Gasteiger partial charge is 0.465 e. The van der Waals surface area contributed by atoms with Gasteiger partial charge in [-0.15, -0.1) is 0 Å². The lowest BCUT2D eigenvalue weighted by Crippen LogP contribution is -2.35. The number of nitrogens with zero attached hydrogens (tertiary/aromatic N) is 1. The van der Waals surface area contributed by atoms with Crippen molar-refractivity contribution in [3.8, 4) is 0 Å². The van der Waals surface area contributed by atoms with Crippen LogP contribution in [0.15, 0.2) is 24.3 Å². The second kappa shape index (κ2) is 4.99. The standard InChI is InChI=1S/C13H15NO3/c1-17-13(16)10-4-6-11(7-5-10)14-8-2-3-12(15)9-14/h4-7H,2-3,8-9H2,1H3. The molecule has 1 fully saturated rings. The van der Waals surface area contributed by atoms with Gasteiger partial charge >= 0.3 is 5.97 Å². The third-order valence-corrected chi connectivity index (χ3v) is 2.90. The van der Waals surface area contributed by atoms with Gasteiger partial charge in [-0.25, -0.2) is 4.79 Å². The molecule has 0 unspecified atom stereocenters. The summed E-state index contributed by atoms with van der Waals surface area (Å²) in [4.78, 5) is 24.7. The van der Waals surface area contributed by atoms with Crippen molar-refractivity contribution >= 4 is 17.4 Å². The normalized spacial score (nSPS) is 15.8. The fourth-order valence-electron chi connectivity index (χ4n) is 1.98.